The number of hydrogen-bond acceptors (Lipinski definition) is 4. The lowest BCUT2D eigenvalue weighted by Crippen LogP contribution is -2.25. The largest absolute Gasteiger partial charge is 0.356 e. The van der Waals surface area contributed by atoms with Crippen LogP contribution in [-0.4, -0.2) is 32.4 Å². The fourth-order valence-electron chi connectivity index (χ4n) is 4.33. The van der Waals surface area contributed by atoms with Crippen LogP contribution in [0.25, 0.3) is 5.69 Å². The zero-order chi connectivity index (χ0) is 24.8. The number of amides is 1. The highest BCUT2D eigenvalue weighted by Crippen LogP contribution is 2.18. The van der Waals surface area contributed by atoms with Gasteiger partial charge in [0.2, 0.25) is 5.91 Å². The molecular weight excluding hydrogens is 446 g/mol. The van der Waals surface area contributed by atoms with Crippen LogP contribution >= 0.6 is 0 Å². The Hall–Kier alpha value is -3.80. The monoisotopic (exact) mass is 481 g/mol. The van der Waals surface area contributed by atoms with Crippen LogP contribution in [0.5, 0.6) is 0 Å². The Kier molecular flexibility index (Phi) is 9.79. The van der Waals surface area contributed by atoms with Gasteiger partial charge < -0.3 is 5.32 Å². The standard InChI is InChI=1S/C30H35N5O/c36-30(32-21-19-26-14-11-20-31-23-26)18-8-3-1-2-7-16-28-24-35(34-33-28)29-17-10-9-15-27(29)22-25-12-5-4-6-13-25/h4-6,9-15,17,20,23-24H,1-3,7-8,16,18-19,21-22H2,(H,32,36). The van der Waals surface area contributed by atoms with Crippen LogP contribution in [0.15, 0.2) is 85.3 Å². The fraction of sp³-hybridized carbons (Fsp3) is 0.333. The summed E-state index contributed by atoms with van der Waals surface area (Å²) in [6, 6.07) is 22.8. The fourth-order valence-corrected chi connectivity index (χ4v) is 4.33. The summed E-state index contributed by atoms with van der Waals surface area (Å²) in [5.41, 5.74) is 5.78. The molecule has 186 valence electrons. The predicted octanol–water partition coefficient (Wildman–Crippen LogP) is 5.50. The highest BCUT2D eigenvalue weighted by atomic mass is 16.1. The number of hydrogen-bond donors (Lipinski definition) is 1. The second-order valence-electron chi connectivity index (χ2n) is 9.17. The maximum Gasteiger partial charge on any atom is 0.220 e. The first kappa shape index (κ1) is 25.3. The van der Waals surface area contributed by atoms with Crippen molar-refractivity contribution in [3.63, 3.8) is 0 Å². The molecule has 1 amide bonds. The van der Waals surface area contributed by atoms with Gasteiger partial charge in [0.1, 0.15) is 0 Å². The number of carbonyl (C=O) groups is 1. The lowest BCUT2D eigenvalue weighted by atomic mass is 10.0. The number of aromatic nitrogens is 4. The van der Waals surface area contributed by atoms with Crippen molar-refractivity contribution in [2.75, 3.05) is 6.54 Å². The summed E-state index contributed by atoms with van der Waals surface area (Å²) < 4.78 is 1.90. The Bertz CT molecular complexity index is 1190. The number of rotatable bonds is 14. The molecule has 0 radical (unpaired) electrons. The molecule has 2 aromatic carbocycles. The van der Waals surface area contributed by atoms with Crippen LogP contribution in [-0.2, 0) is 24.1 Å². The molecule has 0 bridgehead atoms. The highest BCUT2D eigenvalue weighted by Gasteiger charge is 2.08. The lowest BCUT2D eigenvalue weighted by molar-refractivity contribution is -0.121. The summed E-state index contributed by atoms with van der Waals surface area (Å²) in [6.07, 6.45) is 14.3. The van der Waals surface area contributed by atoms with E-state index in [2.05, 4.69) is 69.3 Å². The van der Waals surface area contributed by atoms with Crippen molar-refractivity contribution >= 4 is 5.91 Å². The third-order valence-corrected chi connectivity index (χ3v) is 6.31. The maximum atomic E-state index is 12.0. The summed E-state index contributed by atoms with van der Waals surface area (Å²) in [7, 11) is 0. The summed E-state index contributed by atoms with van der Waals surface area (Å²) in [6.45, 7) is 0.669. The number of nitrogens with zero attached hydrogens (tertiary/aromatic N) is 4. The quantitative estimate of drug-likeness (QED) is 0.242. The van der Waals surface area contributed by atoms with Gasteiger partial charge in [-0.3, -0.25) is 9.78 Å². The van der Waals surface area contributed by atoms with E-state index < -0.39 is 0 Å². The Morgan fingerprint density at radius 1 is 0.806 bits per heavy atom. The van der Waals surface area contributed by atoms with E-state index in [1.165, 1.54) is 11.1 Å². The van der Waals surface area contributed by atoms with Gasteiger partial charge in [-0.05, 0) is 60.9 Å². The molecule has 2 heterocycles. The Morgan fingerprint density at radius 2 is 1.58 bits per heavy atom. The Balaban J connectivity index is 1.11. The zero-order valence-corrected chi connectivity index (χ0v) is 20.9. The Morgan fingerprint density at radius 3 is 2.44 bits per heavy atom. The summed E-state index contributed by atoms with van der Waals surface area (Å²) >= 11 is 0. The second-order valence-corrected chi connectivity index (χ2v) is 9.17. The van der Waals surface area contributed by atoms with E-state index in [9.17, 15) is 4.79 Å². The molecule has 0 saturated heterocycles. The van der Waals surface area contributed by atoms with E-state index in [0.717, 1.165) is 68.3 Å². The van der Waals surface area contributed by atoms with Gasteiger partial charge in [0.15, 0.2) is 0 Å². The van der Waals surface area contributed by atoms with Crippen LogP contribution in [0, 0.1) is 0 Å². The molecule has 0 unspecified atom stereocenters. The topological polar surface area (TPSA) is 72.7 Å². The minimum Gasteiger partial charge on any atom is -0.356 e. The zero-order valence-electron chi connectivity index (χ0n) is 20.9. The van der Waals surface area contributed by atoms with Crippen molar-refractivity contribution in [2.24, 2.45) is 0 Å². The molecule has 0 saturated carbocycles. The summed E-state index contributed by atoms with van der Waals surface area (Å²) in [5.74, 6) is 0.142. The first-order valence-electron chi connectivity index (χ1n) is 13.0. The van der Waals surface area contributed by atoms with Crippen LogP contribution in [0.3, 0.4) is 0 Å². The SMILES string of the molecule is O=C(CCCCCCCc1cn(-c2ccccc2Cc2ccccc2)nn1)NCCc1cccnc1. The minimum atomic E-state index is 0.142. The van der Waals surface area contributed by atoms with Crippen molar-refractivity contribution in [3.05, 3.63) is 108 Å². The van der Waals surface area contributed by atoms with Crippen molar-refractivity contribution in [3.8, 4) is 5.69 Å². The first-order chi connectivity index (χ1) is 17.8. The number of aryl methyl sites for hydroxylation is 1. The van der Waals surface area contributed by atoms with Gasteiger partial charge >= 0.3 is 0 Å². The number of pyridine rings is 1. The van der Waals surface area contributed by atoms with E-state index >= 15 is 0 Å². The highest BCUT2D eigenvalue weighted by molar-refractivity contribution is 5.75. The number of unbranched alkanes of at least 4 members (excludes halogenated alkanes) is 4. The van der Waals surface area contributed by atoms with Gasteiger partial charge in [-0.1, -0.05) is 79.1 Å². The van der Waals surface area contributed by atoms with Crippen LogP contribution < -0.4 is 5.32 Å². The van der Waals surface area contributed by atoms with E-state index in [1.807, 2.05) is 35.1 Å². The lowest BCUT2D eigenvalue weighted by Gasteiger charge is -2.09. The van der Waals surface area contributed by atoms with Gasteiger partial charge in [0.25, 0.3) is 0 Å². The molecule has 2 aromatic heterocycles. The molecule has 6 heteroatoms. The number of nitrogens with one attached hydrogen (secondary N) is 1. The van der Waals surface area contributed by atoms with Gasteiger partial charge in [-0.2, -0.15) is 0 Å². The third kappa shape index (κ3) is 8.15. The van der Waals surface area contributed by atoms with Crippen molar-refractivity contribution in [2.45, 2.75) is 57.8 Å². The normalized spacial score (nSPS) is 10.9. The van der Waals surface area contributed by atoms with Crippen LogP contribution in [0.2, 0.25) is 0 Å². The first-order valence-corrected chi connectivity index (χ1v) is 13.0. The predicted molar refractivity (Wildman–Crippen MR) is 143 cm³/mol. The molecule has 36 heavy (non-hydrogen) atoms. The molecule has 0 spiro atoms. The molecule has 4 aromatic rings. The van der Waals surface area contributed by atoms with Crippen LogP contribution in [0.1, 0.15) is 60.9 Å². The maximum absolute atomic E-state index is 12.0. The average Bonchev–Trinajstić information content (AvgIpc) is 3.38. The van der Waals surface area contributed by atoms with Gasteiger partial charge in [0, 0.05) is 25.4 Å². The van der Waals surface area contributed by atoms with Gasteiger partial charge in [-0.25, -0.2) is 4.68 Å². The molecule has 0 fully saturated rings. The Labute approximate surface area is 213 Å². The number of benzene rings is 2. The number of carbonyl (C=O) groups excluding carboxylic acids is 1. The molecule has 0 aliphatic rings. The second kappa shape index (κ2) is 13.9. The van der Waals surface area contributed by atoms with E-state index in [0.29, 0.717) is 13.0 Å². The van der Waals surface area contributed by atoms with Crippen molar-refractivity contribution in [1.29, 1.82) is 0 Å². The molecule has 4 rings (SSSR count). The molecule has 0 aliphatic heterocycles. The van der Waals surface area contributed by atoms with Crippen LogP contribution in [0.4, 0.5) is 0 Å². The molecule has 0 aliphatic carbocycles. The van der Waals surface area contributed by atoms with Gasteiger partial charge in [-0.15, -0.1) is 5.10 Å². The smallest absolute Gasteiger partial charge is 0.220 e. The van der Waals surface area contributed by atoms with Crippen molar-refractivity contribution in [1.82, 2.24) is 25.3 Å². The summed E-state index contributed by atoms with van der Waals surface area (Å²) in [4.78, 5) is 16.1. The summed E-state index contributed by atoms with van der Waals surface area (Å²) in [5, 5.41) is 11.8. The van der Waals surface area contributed by atoms with E-state index in [4.69, 9.17) is 0 Å². The molecule has 0 atom stereocenters. The third-order valence-electron chi connectivity index (χ3n) is 6.31. The molecular formula is C30H35N5O. The molecule has 1 N–H and O–H groups in total. The minimum absolute atomic E-state index is 0.142. The van der Waals surface area contributed by atoms with Gasteiger partial charge in [0.05, 0.1) is 17.6 Å². The average molecular weight is 482 g/mol. The van der Waals surface area contributed by atoms with Crippen molar-refractivity contribution < 1.29 is 4.79 Å². The van der Waals surface area contributed by atoms with E-state index in [-0.39, 0.29) is 5.91 Å². The molecule has 6 nitrogen and oxygen atoms in total. The number of para-hydroxylation sites is 1. The van der Waals surface area contributed by atoms with E-state index in [1.54, 1.807) is 6.20 Å².